The molecule has 1 heterocycles. The zero-order chi connectivity index (χ0) is 11.7. The molecule has 0 fully saturated rings. The molecule has 2 rings (SSSR count). The Labute approximate surface area is 91.2 Å². The molecule has 1 aromatic rings. The van der Waals surface area contributed by atoms with E-state index in [1.165, 1.54) is 11.8 Å². The summed E-state index contributed by atoms with van der Waals surface area (Å²) in [5, 5.41) is 3.79. The molecule has 88 valence electrons. The van der Waals surface area contributed by atoms with E-state index in [1.54, 1.807) is 0 Å². The molecule has 0 N–H and O–H groups in total. The topological polar surface area (TPSA) is 44.1 Å². The van der Waals surface area contributed by atoms with Gasteiger partial charge in [-0.25, -0.2) is 8.78 Å². The number of alkyl halides is 2. The highest BCUT2D eigenvalue weighted by Gasteiger charge is 2.27. The van der Waals surface area contributed by atoms with E-state index in [9.17, 15) is 13.6 Å². The SMILES string of the molecule is COC(=O)Cn1nc(C(F)F)c2c1CCC2. The third-order valence-corrected chi connectivity index (χ3v) is 2.75. The monoisotopic (exact) mass is 230 g/mol. The van der Waals surface area contributed by atoms with Crippen LogP contribution in [0.1, 0.15) is 29.8 Å². The molecule has 0 spiro atoms. The molecule has 4 nitrogen and oxygen atoms in total. The van der Waals surface area contributed by atoms with Crippen molar-refractivity contribution in [3.63, 3.8) is 0 Å². The van der Waals surface area contributed by atoms with Gasteiger partial charge in [0.05, 0.1) is 7.11 Å². The summed E-state index contributed by atoms with van der Waals surface area (Å²) >= 11 is 0. The number of halogens is 2. The molecule has 0 aliphatic heterocycles. The summed E-state index contributed by atoms with van der Waals surface area (Å²) in [6, 6.07) is 0. The molecule has 0 saturated heterocycles. The van der Waals surface area contributed by atoms with Crippen LogP contribution in [0.5, 0.6) is 0 Å². The van der Waals surface area contributed by atoms with Crippen LogP contribution in [0.25, 0.3) is 0 Å². The number of aromatic nitrogens is 2. The number of carbonyl (C=O) groups excluding carboxylic acids is 1. The van der Waals surface area contributed by atoms with E-state index in [0.717, 1.165) is 12.1 Å². The van der Waals surface area contributed by atoms with Gasteiger partial charge < -0.3 is 4.74 Å². The standard InChI is InChI=1S/C10H12F2N2O2/c1-16-8(15)5-14-7-4-2-3-6(7)9(13-14)10(11)12/h10H,2-5H2,1H3. The Balaban J connectivity index is 2.32. The first-order chi connectivity index (χ1) is 7.63. The van der Waals surface area contributed by atoms with E-state index >= 15 is 0 Å². The highest BCUT2D eigenvalue weighted by molar-refractivity contribution is 5.69. The van der Waals surface area contributed by atoms with E-state index < -0.39 is 12.4 Å². The lowest BCUT2D eigenvalue weighted by molar-refractivity contribution is -0.141. The van der Waals surface area contributed by atoms with Crippen LogP contribution in [0.3, 0.4) is 0 Å². The van der Waals surface area contributed by atoms with Gasteiger partial charge in [-0.2, -0.15) is 5.10 Å². The first-order valence-electron chi connectivity index (χ1n) is 5.07. The molecule has 1 aromatic heterocycles. The smallest absolute Gasteiger partial charge is 0.327 e. The molecule has 6 heteroatoms. The molecule has 0 atom stereocenters. The predicted octanol–water partition coefficient (Wildman–Crippen LogP) is 1.48. The van der Waals surface area contributed by atoms with Crippen LogP contribution < -0.4 is 0 Å². The molecule has 1 aliphatic carbocycles. The highest BCUT2D eigenvalue weighted by Crippen LogP contribution is 2.31. The Morgan fingerprint density at radius 3 is 2.94 bits per heavy atom. The second-order valence-electron chi connectivity index (χ2n) is 3.70. The average Bonchev–Trinajstić information content (AvgIpc) is 2.80. The Morgan fingerprint density at radius 1 is 1.56 bits per heavy atom. The zero-order valence-electron chi connectivity index (χ0n) is 8.87. The molecule has 0 amide bonds. The molecular weight excluding hydrogens is 218 g/mol. The van der Waals surface area contributed by atoms with Gasteiger partial charge in [0.2, 0.25) is 0 Å². The van der Waals surface area contributed by atoms with Gasteiger partial charge in [-0.3, -0.25) is 9.48 Å². The fraction of sp³-hybridized carbons (Fsp3) is 0.600. The van der Waals surface area contributed by atoms with Gasteiger partial charge in [0, 0.05) is 11.3 Å². The van der Waals surface area contributed by atoms with Gasteiger partial charge in [-0.15, -0.1) is 0 Å². The fourth-order valence-electron chi connectivity index (χ4n) is 2.03. The normalized spacial score (nSPS) is 14.2. The summed E-state index contributed by atoms with van der Waals surface area (Å²) in [5.74, 6) is -0.474. The number of hydrogen-bond acceptors (Lipinski definition) is 3. The number of fused-ring (bicyclic) bond motifs is 1. The first kappa shape index (κ1) is 11.0. The summed E-state index contributed by atoms with van der Waals surface area (Å²) in [7, 11) is 1.26. The minimum absolute atomic E-state index is 0.0917. The number of esters is 1. The minimum Gasteiger partial charge on any atom is -0.468 e. The number of hydrogen-bond donors (Lipinski definition) is 0. The van der Waals surface area contributed by atoms with E-state index in [0.29, 0.717) is 18.4 Å². The largest absolute Gasteiger partial charge is 0.468 e. The first-order valence-corrected chi connectivity index (χ1v) is 5.07. The number of nitrogens with zero attached hydrogens (tertiary/aromatic N) is 2. The van der Waals surface area contributed by atoms with Gasteiger partial charge in [0.1, 0.15) is 12.2 Å². The lowest BCUT2D eigenvalue weighted by Gasteiger charge is -2.03. The lowest BCUT2D eigenvalue weighted by Crippen LogP contribution is -2.15. The summed E-state index contributed by atoms with van der Waals surface area (Å²) in [6.07, 6.45) is -0.415. The Bertz CT molecular complexity index is 415. The van der Waals surface area contributed by atoms with Crippen LogP contribution >= 0.6 is 0 Å². The maximum absolute atomic E-state index is 12.7. The van der Waals surface area contributed by atoms with Crippen molar-refractivity contribution < 1.29 is 18.3 Å². The van der Waals surface area contributed by atoms with Crippen LogP contribution in [0.2, 0.25) is 0 Å². The van der Waals surface area contributed by atoms with Crippen LogP contribution in [0, 0.1) is 0 Å². The van der Waals surface area contributed by atoms with Gasteiger partial charge in [0.15, 0.2) is 0 Å². The van der Waals surface area contributed by atoms with Crippen molar-refractivity contribution in [2.24, 2.45) is 0 Å². The molecule has 1 aliphatic rings. The van der Waals surface area contributed by atoms with Crippen LogP contribution in [0.15, 0.2) is 0 Å². The van der Waals surface area contributed by atoms with Gasteiger partial charge in [-0.1, -0.05) is 0 Å². The molecule has 0 radical (unpaired) electrons. The Hall–Kier alpha value is -1.46. The Morgan fingerprint density at radius 2 is 2.31 bits per heavy atom. The van der Waals surface area contributed by atoms with Crippen molar-refractivity contribution in [1.29, 1.82) is 0 Å². The highest BCUT2D eigenvalue weighted by atomic mass is 19.3. The van der Waals surface area contributed by atoms with Crippen molar-refractivity contribution in [2.75, 3.05) is 7.11 Å². The van der Waals surface area contributed by atoms with Crippen molar-refractivity contribution >= 4 is 5.97 Å². The summed E-state index contributed by atoms with van der Waals surface area (Å²) in [5.41, 5.74) is 1.18. The van der Waals surface area contributed by atoms with Gasteiger partial charge in [0.25, 0.3) is 6.43 Å². The fourth-order valence-corrected chi connectivity index (χ4v) is 2.03. The molecule has 0 bridgehead atoms. The quantitative estimate of drug-likeness (QED) is 0.739. The van der Waals surface area contributed by atoms with Crippen molar-refractivity contribution in [3.05, 3.63) is 17.0 Å². The molecule has 0 aromatic carbocycles. The van der Waals surface area contributed by atoms with E-state index in [2.05, 4.69) is 9.84 Å². The number of carbonyl (C=O) groups is 1. The van der Waals surface area contributed by atoms with Crippen molar-refractivity contribution in [2.45, 2.75) is 32.2 Å². The minimum atomic E-state index is -2.58. The van der Waals surface area contributed by atoms with E-state index in [-0.39, 0.29) is 12.2 Å². The lowest BCUT2D eigenvalue weighted by atomic mass is 10.2. The molecular formula is C10H12F2N2O2. The van der Waals surface area contributed by atoms with Gasteiger partial charge in [-0.05, 0) is 19.3 Å². The maximum Gasteiger partial charge on any atom is 0.327 e. The van der Waals surface area contributed by atoms with Crippen LogP contribution in [0.4, 0.5) is 8.78 Å². The third-order valence-electron chi connectivity index (χ3n) is 2.75. The number of rotatable bonds is 3. The summed E-state index contributed by atoms with van der Waals surface area (Å²) < 4.78 is 31.2. The van der Waals surface area contributed by atoms with Crippen molar-refractivity contribution in [1.82, 2.24) is 9.78 Å². The van der Waals surface area contributed by atoms with Crippen molar-refractivity contribution in [3.8, 4) is 0 Å². The van der Waals surface area contributed by atoms with Crippen LogP contribution in [-0.4, -0.2) is 22.9 Å². The van der Waals surface area contributed by atoms with Gasteiger partial charge >= 0.3 is 5.97 Å². The van der Waals surface area contributed by atoms with E-state index in [1.807, 2.05) is 0 Å². The summed E-state index contributed by atoms with van der Waals surface area (Å²) in [6.45, 7) is -0.0917. The molecule has 0 unspecified atom stereocenters. The second kappa shape index (κ2) is 4.19. The number of ether oxygens (including phenoxy) is 1. The maximum atomic E-state index is 12.7. The zero-order valence-corrected chi connectivity index (χ0v) is 8.87. The number of methoxy groups -OCH3 is 1. The third kappa shape index (κ3) is 1.79. The van der Waals surface area contributed by atoms with Crippen LogP contribution in [-0.2, 0) is 28.9 Å². The Kier molecular flexibility index (Phi) is 2.89. The summed E-state index contributed by atoms with van der Waals surface area (Å²) in [4.78, 5) is 11.1. The second-order valence-corrected chi connectivity index (χ2v) is 3.70. The predicted molar refractivity (Wildman–Crippen MR) is 51.2 cm³/mol. The molecule has 16 heavy (non-hydrogen) atoms. The average molecular weight is 230 g/mol. The molecule has 0 saturated carbocycles. The van der Waals surface area contributed by atoms with E-state index in [4.69, 9.17) is 0 Å².